The molecule has 0 N–H and O–H groups in total. The summed E-state index contributed by atoms with van der Waals surface area (Å²) in [6.45, 7) is 5.30. The van der Waals surface area contributed by atoms with Gasteiger partial charge >= 0.3 is 0 Å². The van der Waals surface area contributed by atoms with Gasteiger partial charge in [0.1, 0.15) is 12.4 Å². The number of ether oxygens (including phenoxy) is 3. The van der Waals surface area contributed by atoms with Crippen LogP contribution in [-0.2, 0) is 26.6 Å². The number of anilines is 1. The highest BCUT2D eigenvalue weighted by atomic mass is 35.5. The maximum Gasteiger partial charge on any atom is 0.292 e. The molecule has 2 aromatic carbocycles. The van der Waals surface area contributed by atoms with Crippen molar-refractivity contribution in [3.63, 3.8) is 0 Å². The fourth-order valence-electron chi connectivity index (χ4n) is 3.51. The number of carbonyl (C=O) groups excluding carboxylic acids is 1. The average molecular weight is 386 g/mol. The van der Waals surface area contributed by atoms with Crippen molar-refractivity contribution < 1.29 is 19.0 Å². The summed E-state index contributed by atoms with van der Waals surface area (Å²) in [5.41, 5.74) is 2.15. The van der Waals surface area contributed by atoms with Crippen LogP contribution in [0, 0.1) is 0 Å². The van der Waals surface area contributed by atoms with Gasteiger partial charge in [-0.2, -0.15) is 0 Å². The Morgan fingerprint density at radius 2 is 1.96 bits per heavy atom. The van der Waals surface area contributed by atoms with Crippen molar-refractivity contribution in [3.05, 3.63) is 71.3 Å². The third-order valence-corrected chi connectivity index (χ3v) is 5.00. The molecule has 0 bridgehead atoms. The highest BCUT2D eigenvalue weighted by Gasteiger charge is 2.55. The van der Waals surface area contributed by atoms with E-state index in [0.717, 1.165) is 12.0 Å². The maximum absolute atomic E-state index is 13.4. The number of halogens is 1. The standard InChI is InChI=1S/C21H20ClNO4/c1-2-11-25-18-10-4-3-7-15(18)14-23-19-16(8-5-9-17(19)22)21(20(23)24)26-12-6-13-27-21/h2-5,7-10H,1,6,11-14H2. The van der Waals surface area contributed by atoms with Gasteiger partial charge in [-0.05, 0) is 18.6 Å². The molecular weight excluding hydrogens is 366 g/mol. The van der Waals surface area contributed by atoms with Gasteiger partial charge in [-0.15, -0.1) is 0 Å². The first-order valence-electron chi connectivity index (χ1n) is 8.88. The highest BCUT2D eigenvalue weighted by molar-refractivity contribution is 6.35. The molecule has 2 aliphatic heterocycles. The van der Waals surface area contributed by atoms with Crippen molar-refractivity contribution >= 4 is 23.2 Å². The van der Waals surface area contributed by atoms with Crippen LogP contribution in [0.3, 0.4) is 0 Å². The SMILES string of the molecule is C=CCOc1ccccc1CN1C(=O)C2(OCCCO2)c2cccc(Cl)c21. The average Bonchev–Trinajstić information content (AvgIpc) is 2.92. The molecule has 140 valence electrons. The first-order chi connectivity index (χ1) is 13.2. The number of amides is 1. The van der Waals surface area contributed by atoms with E-state index in [1.165, 1.54) is 0 Å². The van der Waals surface area contributed by atoms with Crippen LogP contribution in [0.4, 0.5) is 5.69 Å². The van der Waals surface area contributed by atoms with Crippen molar-refractivity contribution in [1.29, 1.82) is 0 Å². The predicted molar refractivity (Wildman–Crippen MR) is 103 cm³/mol. The lowest BCUT2D eigenvalue weighted by Gasteiger charge is -2.32. The topological polar surface area (TPSA) is 48.0 Å². The summed E-state index contributed by atoms with van der Waals surface area (Å²) in [6, 6.07) is 13.0. The van der Waals surface area contributed by atoms with Crippen molar-refractivity contribution in [2.45, 2.75) is 18.8 Å². The van der Waals surface area contributed by atoms with Gasteiger partial charge in [0.15, 0.2) is 0 Å². The quantitative estimate of drug-likeness (QED) is 0.729. The van der Waals surface area contributed by atoms with E-state index >= 15 is 0 Å². The molecule has 0 unspecified atom stereocenters. The van der Waals surface area contributed by atoms with Crippen molar-refractivity contribution in [3.8, 4) is 5.75 Å². The molecule has 0 saturated carbocycles. The Kier molecular flexibility index (Phi) is 4.91. The van der Waals surface area contributed by atoms with E-state index in [2.05, 4.69) is 6.58 Å². The molecule has 0 atom stereocenters. The van der Waals surface area contributed by atoms with Crippen LogP contribution in [0.25, 0.3) is 0 Å². The van der Waals surface area contributed by atoms with Gasteiger partial charge in [0.05, 0.1) is 30.5 Å². The van der Waals surface area contributed by atoms with E-state index in [-0.39, 0.29) is 5.91 Å². The van der Waals surface area contributed by atoms with Crippen LogP contribution in [0.15, 0.2) is 55.1 Å². The number of carbonyl (C=O) groups is 1. The molecule has 2 aliphatic rings. The monoisotopic (exact) mass is 385 g/mol. The third-order valence-electron chi connectivity index (χ3n) is 4.70. The Morgan fingerprint density at radius 3 is 2.74 bits per heavy atom. The summed E-state index contributed by atoms with van der Waals surface area (Å²) < 4.78 is 17.5. The summed E-state index contributed by atoms with van der Waals surface area (Å²) in [4.78, 5) is 15.0. The molecule has 2 heterocycles. The number of para-hydroxylation sites is 2. The number of benzene rings is 2. The zero-order valence-electron chi connectivity index (χ0n) is 14.8. The normalized spacial score (nSPS) is 17.8. The maximum atomic E-state index is 13.4. The fourth-order valence-corrected chi connectivity index (χ4v) is 3.78. The minimum absolute atomic E-state index is 0.260. The Hall–Kier alpha value is -2.34. The molecule has 1 fully saturated rings. The molecule has 0 aliphatic carbocycles. The molecule has 0 radical (unpaired) electrons. The molecule has 1 saturated heterocycles. The minimum atomic E-state index is -1.41. The molecule has 27 heavy (non-hydrogen) atoms. The van der Waals surface area contributed by atoms with E-state index in [1.54, 1.807) is 17.0 Å². The van der Waals surface area contributed by atoms with Crippen molar-refractivity contribution in [2.75, 3.05) is 24.7 Å². The van der Waals surface area contributed by atoms with Gasteiger partial charge in [0.2, 0.25) is 0 Å². The van der Waals surface area contributed by atoms with Gasteiger partial charge in [-0.3, -0.25) is 4.79 Å². The number of fused-ring (bicyclic) bond motifs is 2. The molecular formula is C21H20ClNO4. The van der Waals surface area contributed by atoms with Crippen LogP contribution < -0.4 is 9.64 Å². The minimum Gasteiger partial charge on any atom is -0.489 e. The fraction of sp³-hybridized carbons (Fsp3) is 0.286. The zero-order chi connectivity index (χ0) is 18.9. The molecule has 2 aromatic rings. The molecule has 1 amide bonds. The number of hydrogen-bond donors (Lipinski definition) is 0. The smallest absolute Gasteiger partial charge is 0.292 e. The summed E-state index contributed by atoms with van der Waals surface area (Å²) in [6.07, 6.45) is 2.44. The lowest BCUT2D eigenvalue weighted by Crippen LogP contribution is -2.47. The van der Waals surface area contributed by atoms with E-state index in [1.807, 2.05) is 36.4 Å². The first-order valence-corrected chi connectivity index (χ1v) is 9.25. The van der Waals surface area contributed by atoms with E-state index in [0.29, 0.717) is 48.4 Å². The summed E-state index contributed by atoms with van der Waals surface area (Å²) in [7, 11) is 0. The Bertz CT molecular complexity index is 876. The van der Waals surface area contributed by atoms with Crippen molar-refractivity contribution in [1.82, 2.24) is 0 Å². The largest absolute Gasteiger partial charge is 0.489 e. The summed E-state index contributed by atoms with van der Waals surface area (Å²) in [5.74, 6) is -0.968. The Balaban J connectivity index is 1.74. The predicted octanol–water partition coefficient (Wildman–Crippen LogP) is 4.04. The third kappa shape index (κ3) is 3.02. The second kappa shape index (κ2) is 7.35. The summed E-state index contributed by atoms with van der Waals surface area (Å²) >= 11 is 6.47. The van der Waals surface area contributed by atoms with Crippen LogP contribution in [-0.4, -0.2) is 25.7 Å². The van der Waals surface area contributed by atoms with Crippen LogP contribution in [0.1, 0.15) is 17.5 Å². The van der Waals surface area contributed by atoms with E-state index < -0.39 is 5.79 Å². The van der Waals surface area contributed by atoms with Gasteiger partial charge in [0, 0.05) is 11.1 Å². The number of rotatable bonds is 5. The molecule has 5 nitrogen and oxygen atoms in total. The Morgan fingerprint density at radius 1 is 1.19 bits per heavy atom. The molecule has 0 aromatic heterocycles. The molecule has 6 heteroatoms. The first kappa shape index (κ1) is 18.0. The zero-order valence-corrected chi connectivity index (χ0v) is 15.6. The second-order valence-corrected chi connectivity index (χ2v) is 6.81. The van der Waals surface area contributed by atoms with Gasteiger partial charge < -0.3 is 19.1 Å². The molecule has 1 spiro atoms. The lowest BCUT2D eigenvalue weighted by molar-refractivity contribution is -0.256. The summed E-state index contributed by atoms with van der Waals surface area (Å²) in [5, 5.41) is 0.486. The van der Waals surface area contributed by atoms with E-state index in [9.17, 15) is 4.79 Å². The Labute approximate surface area is 163 Å². The van der Waals surface area contributed by atoms with Gasteiger partial charge in [-0.1, -0.05) is 54.6 Å². The second-order valence-electron chi connectivity index (χ2n) is 6.40. The van der Waals surface area contributed by atoms with Crippen LogP contribution in [0.5, 0.6) is 5.75 Å². The molecule has 4 rings (SSSR count). The van der Waals surface area contributed by atoms with Crippen LogP contribution >= 0.6 is 11.6 Å². The van der Waals surface area contributed by atoms with Gasteiger partial charge in [-0.25, -0.2) is 0 Å². The number of hydrogen-bond acceptors (Lipinski definition) is 4. The number of nitrogens with zero attached hydrogens (tertiary/aromatic N) is 1. The lowest BCUT2D eigenvalue weighted by atomic mass is 10.1. The van der Waals surface area contributed by atoms with E-state index in [4.69, 9.17) is 25.8 Å². The highest BCUT2D eigenvalue weighted by Crippen LogP contribution is 2.49. The van der Waals surface area contributed by atoms with Gasteiger partial charge in [0.25, 0.3) is 11.7 Å². The van der Waals surface area contributed by atoms with Crippen molar-refractivity contribution in [2.24, 2.45) is 0 Å². The van der Waals surface area contributed by atoms with Crippen LogP contribution in [0.2, 0.25) is 5.02 Å².